The molecule has 0 fully saturated rings. The van der Waals surface area contributed by atoms with Crippen LogP contribution in [0.25, 0.3) is 0 Å². The monoisotopic (exact) mass is 386 g/mol. The minimum atomic E-state index is -1.05. The second kappa shape index (κ2) is 8.50. The lowest BCUT2D eigenvalue weighted by atomic mass is 10.2. The highest BCUT2D eigenvalue weighted by atomic mass is 32.1. The Balaban J connectivity index is 1.62. The Morgan fingerprint density at radius 3 is 2.70 bits per heavy atom. The molecule has 0 aliphatic carbocycles. The molecule has 7 nitrogen and oxygen atoms in total. The van der Waals surface area contributed by atoms with Gasteiger partial charge in [0.15, 0.2) is 18.3 Å². The number of anilines is 1. The number of ether oxygens (including phenoxy) is 2. The van der Waals surface area contributed by atoms with Crippen molar-refractivity contribution in [3.63, 3.8) is 0 Å². The topological polar surface area (TPSA) is 93.7 Å². The summed E-state index contributed by atoms with van der Waals surface area (Å²) in [5, 5.41) is 7.48. The van der Waals surface area contributed by atoms with Crippen molar-refractivity contribution in [3.05, 3.63) is 64.2 Å². The molecule has 0 radical (unpaired) electrons. The number of ketones is 1. The van der Waals surface area contributed by atoms with Gasteiger partial charge in [-0.25, -0.2) is 4.79 Å². The number of hydrogen-bond donors (Lipinski definition) is 2. The molecule has 0 saturated carbocycles. The van der Waals surface area contributed by atoms with Crippen molar-refractivity contribution in [1.82, 2.24) is 5.32 Å². The fourth-order valence-corrected chi connectivity index (χ4v) is 3.02. The number of carbonyl (C=O) groups is 3. The number of rotatable bonds is 7. The van der Waals surface area contributed by atoms with Crippen LogP contribution in [0, 0.1) is 0 Å². The summed E-state index contributed by atoms with van der Waals surface area (Å²) in [6, 6.07) is 12.8. The Kier molecular flexibility index (Phi) is 5.87. The number of para-hydroxylation sites is 1. The summed E-state index contributed by atoms with van der Waals surface area (Å²) in [7, 11) is 0. The molecular weight excluding hydrogens is 368 g/mol. The van der Waals surface area contributed by atoms with Gasteiger partial charge in [-0.2, -0.15) is 0 Å². The number of nitrogens with one attached hydrogen (secondary N) is 2. The van der Waals surface area contributed by atoms with E-state index in [4.69, 9.17) is 9.47 Å². The van der Waals surface area contributed by atoms with E-state index in [0.29, 0.717) is 12.2 Å². The van der Waals surface area contributed by atoms with Gasteiger partial charge in [-0.15, -0.1) is 11.3 Å². The fraction of sp³-hybridized carbons (Fsp3) is 0.211. The molecule has 2 heterocycles. The Labute approximate surface area is 160 Å². The molecule has 2 N–H and O–H groups in total. The first-order chi connectivity index (χ1) is 13.0. The Morgan fingerprint density at radius 2 is 2.00 bits per heavy atom. The van der Waals surface area contributed by atoms with Crippen LogP contribution in [0.3, 0.4) is 0 Å². The van der Waals surface area contributed by atoms with Gasteiger partial charge in [0.05, 0.1) is 6.54 Å². The number of hydrogen-bond acceptors (Lipinski definition) is 7. The first-order valence-electron chi connectivity index (χ1n) is 8.28. The van der Waals surface area contributed by atoms with E-state index >= 15 is 0 Å². The van der Waals surface area contributed by atoms with Gasteiger partial charge in [0.1, 0.15) is 0 Å². The van der Waals surface area contributed by atoms with Crippen LogP contribution < -0.4 is 10.6 Å². The van der Waals surface area contributed by atoms with Crippen LogP contribution in [0.1, 0.15) is 11.8 Å². The quantitative estimate of drug-likeness (QED) is 0.560. The molecule has 1 aliphatic rings. The maximum absolute atomic E-state index is 12.4. The van der Waals surface area contributed by atoms with E-state index in [-0.39, 0.29) is 18.1 Å². The molecule has 1 aliphatic heterocycles. The molecule has 1 aromatic carbocycles. The van der Waals surface area contributed by atoms with Crippen LogP contribution in [0.2, 0.25) is 0 Å². The molecular formula is C19H18N2O5S. The highest BCUT2D eigenvalue weighted by Gasteiger charge is 2.34. The predicted octanol–water partition coefficient (Wildman–Crippen LogP) is 2.22. The van der Waals surface area contributed by atoms with Crippen LogP contribution in [-0.4, -0.2) is 30.4 Å². The lowest BCUT2D eigenvalue weighted by Crippen LogP contribution is -2.36. The van der Waals surface area contributed by atoms with Gasteiger partial charge in [-0.05, 0) is 30.5 Å². The smallest absolute Gasteiger partial charge is 0.348 e. The normalized spacial score (nSPS) is 14.5. The van der Waals surface area contributed by atoms with E-state index in [2.05, 4.69) is 10.6 Å². The van der Waals surface area contributed by atoms with Gasteiger partial charge in [0, 0.05) is 10.6 Å². The lowest BCUT2D eigenvalue weighted by Gasteiger charge is -2.14. The SMILES string of the molecule is C[C@H](OC(=O)C1=C(Nc2ccccc2)OCC1=O)C(=O)NCc1cccs1. The van der Waals surface area contributed by atoms with E-state index in [1.807, 2.05) is 23.6 Å². The third kappa shape index (κ3) is 4.73. The van der Waals surface area contributed by atoms with Crippen LogP contribution in [0.5, 0.6) is 0 Å². The maximum atomic E-state index is 12.4. The van der Waals surface area contributed by atoms with E-state index in [0.717, 1.165) is 4.88 Å². The standard InChI is InChI=1S/C19H18N2O5S/c1-12(17(23)20-10-14-8-5-9-27-14)26-19(24)16-15(22)11-25-18(16)21-13-6-3-2-4-7-13/h2-9,12,21H,10-11H2,1H3,(H,20,23)/t12-/m0/s1. The molecule has 0 bridgehead atoms. The van der Waals surface area contributed by atoms with Gasteiger partial charge in [0.25, 0.3) is 5.91 Å². The molecule has 140 valence electrons. The second-order valence-electron chi connectivity index (χ2n) is 5.75. The van der Waals surface area contributed by atoms with Gasteiger partial charge in [0.2, 0.25) is 11.7 Å². The zero-order chi connectivity index (χ0) is 19.2. The average molecular weight is 386 g/mol. The second-order valence-corrected chi connectivity index (χ2v) is 6.78. The molecule has 3 rings (SSSR count). The third-order valence-electron chi connectivity index (χ3n) is 3.76. The molecule has 0 saturated heterocycles. The van der Waals surface area contributed by atoms with Crippen molar-refractivity contribution >= 4 is 34.7 Å². The van der Waals surface area contributed by atoms with E-state index in [9.17, 15) is 14.4 Å². The summed E-state index contributed by atoms with van der Waals surface area (Å²) in [5.41, 5.74) is 0.436. The van der Waals surface area contributed by atoms with Crippen LogP contribution in [-0.2, 0) is 30.4 Å². The molecule has 1 atom stereocenters. The first kappa shape index (κ1) is 18.7. The summed E-state index contributed by atoms with van der Waals surface area (Å²) in [4.78, 5) is 37.5. The average Bonchev–Trinajstić information content (AvgIpc) is 3.30. The van der Waals surface area contributed by atoms with Gasteiger partial charge in [-0.3, -0.25) is 9.59 Å². The number of esters is 1. The van der Waals surface area contributed by atoms with Gasteiger partial charge >= 0.3 is 5.97 Å². The number of carbonyl (C=O) groups excluding carboxylic acids is 3. The summed E-state index contributed by atoms with van der Waals surface area (Å²) >= 11 is 1.51. The molecule has 0 unspecified atom stereocenters. The predicted molar refractivity (Wildman–Crippen MR) is 99.8 cm³/mol. The number of amides is 1. The summed E-state index contributed by atoms with van der Waals surface area (Å²) in [5.74, 6) is -1.80. The molecule has 1 amide bonds. The molecule has 27 heavy (non-hydrogen) atoms. The zero-order valence-corrected chi connectivity index (χ0v) is 15.4. The van der Waals surface area contributed by atoms with Crippen molar-refractivity contribution in [2.45, 2.75) is 19.6 Å². The summed E-state index contributed by atoms with van der Waals surface area (Å²) in [6.07, 6.45) is -1.05. The number of thiophene rings is 1. The van der Waals surface area contributed by atoms with Crippen LogP contribution >= 0.6 is 11.3 Å². The van der Waals surface area contributed by atoms with Gasteiger partial charge < -0.3 is 20.1 Å². The highest BCUT2D eigenvalue weighted by Crippen LogP contribution is 2.21. The highest BCUT2D eigenvalue weighted by molar-refractivity contribution is 7.09. The summed E-state index contributed by atoms with van der Waals surface area (Å²) < 4.78 is 10.4. The van der Waals surface area contributed by atoms with Crippen molar-refractivity contribution in [2.24, 2.45) is 0 Å². The molecule has 2 aromatic rings. The van der Waals surface area contributed by atoms with Gasteiger partial charge in [-0.1, -0.05) is 24.3 Å². The third-order valence-corrected chi connectivity index (χ3v) is 4.64. The van der Waals surface area contributed by atoms with Crippen molar-refractivity contribution in [1.29, 1.82) is 0 Å². The van der Waals surface area contributed by atoms with Crippen LogP contribution in [0.15, 0.2) is 59.3 Å². The molecule has 8 heteroatoms. The Morgan fingerprint density at radius 1 is 1.22 bits per heavy atom. The Hall–Kier alpha value is -3.13. The first-order valence-corrected chi connectivity index (χ1v) is 9.16. The lowest BCUT2D eigenvalue weighted by molar-refractivity contribution is -0.151. The number of benzene rings is 1. The summed E-state index contributed by atoms with van der Waals surface area (Å²) in [6.45, 7) is 1.55. The maximum Gasteiger partial charge on any atom is 0.348 e. The van der Waals surface area contributed by atoms with E-state index in [1.54, 1.807) is 24.3 Å². The van der Waals surface area contributed by atoms with Crippen molar-refractivity contribution in [2.75, 3.05) is 11.9 Å². The fourth-order valence-electron chi connectivity index (χ4n) is 2.37. The number of Topliss-reactive ketones (excluding diaryl/α,β-unsaturated/α-hetero) is 1. The molecule has 0 spiro atoms. The minimum Gasteiger partial charge on any atom is -0.470 e. The van der Waals surface area contributed by atoms with Crippen LogP contribution in [0.4, 0.5) is 5.69 Å². The van der Waals surface area contributed by atoms with E-state index < -0.39 is 23.8 Å². The Bertz CT molecular complexity index is 861. The minimum absolute atomic E-state index is 0.0300. The molecule has 1 aromatic heterocycles. The largest absolute Gasteiger partial charge is 0.470 e. The van der Waals surface area contributed by atoms with Crippen molar-refractivity contribution < 1.29 is 23.9 Å². The van der Waals surface area contributed by atoms with Crippen molar-refractivity contribution in [3.8, 4) is 0 Å². The van der Waals surface area contributed by atoms with E-state index in [1.165, 1.54) is 18.3 Å². The zero-order valence-electron chi connectivity index (χ0n) is 14.6.